The van der Waals surface area contributed by atoms with Gasteiger partial charge in [-0.3, -0.25) is 9.69 Å². The number of carbonyl (C=O) groups excluding carboxylic acids is 1. The number of carbonyl (C=O) groups is 1. The zero-order chi connectivity index (χ0) is 15.2. The summed E-state index contributed by atoms with van der Waals surface area (Å²) in [5, 5.41) is 6.30. The summed E-state index contributed by atoms with van der Waals surface area (Å²) in [4.78, 5) is 20.8. The average molecular weight is 429 g/mol. The van der Waals surface area contributed by atoms with E-state index in [0.717, 1.165) is 37.2 Å². The van der Waals surface area contributed by atoms with Crippen LogP contribution in [0.25, 0.3) is 0 Å². The van der Waals surface area contributed by atoms with Gasteiger partial charge < -0.3 is 15.5 Å². The van der Waals surface area contributed by atoms with Crippen LogP contribution < -0.4 is 15.5 Å². The highest BCUT2D eigenvalue weighted by atomic mass is 79.9. The molecule has 1 aliphatic heterocycles. The van der Waals surface area contributed by atoms with Crippen molar-refractivity contribution in [2.75, 3.05) is 58.3 Å². The normalized spacial score (nSPS) is 14.4. The molecule has 6 nitrogen and oxygen atoms in total. The maximum atomic E-state index is 12.3. The molecule has 0 radical (unpaired) electrons. The Bertz CT molecular complexity index is 498. The fourth-order valence-electron chi connectivity index (χ4n) is 2.31. The third-order valence-corrected chi connectivity index (χ3v) is 3.86. The number of aromatic nitrogens is 1. The Morgan fingerprint density at radius 1 is 1.39 bits per heavy atom. The summed E-state index contributed by atoms with van der Waals surface area (Å²) < 4.78 is 0.806. The summed E-state index contributed by atoms with van der Waals surface area (Å²) in [5.41, 5.74) is 0.592. The van der Waals surface area contributed by atoms with Gasteiger partial charge in [-0.1, -0.05) is 0 Å². The molecule has 9 heteroatoms. The van der Waals surface area contributed by atoms with Gasteiger partial charge in [0.2, 0.25) is 0 Å². The molecule has 0 bridgehead atoms. The van der Waals surface area contributed by atoms with Crippen LogP contribution in [0.5, 0.6) is 0 Å². The Hall–Kier alpha value is -0.600. The van der Waals surface area contributed by atoms with E-state index in [-0.39, 0.29) is 30.7 Å². The molecule has 0 aliphatic carbocycles. The van der Waals surface area contributed by atoms with Crippen LogP contribution in [0.3, 0.4) is 0 Å². The summed E-state index contributed by atoms with van der Waals surface area (Å²) in [6, 6.07) is 1.81. The molecule has 2 N–H and O–H groups in total. The Morgan fingerprint density at radius 3 is 2.65 bits per heavy atom. The largest absolute Gasteiger partial charge is 0.362 e. The van der Waals surface area contributed by atoms with Crippen LogP contribution >= 0.6 is 40.7 Å². The van der Waals surface area contributed by atoms with Crippen LogP contribution in [0.15, 0.2) is 16.7 Å². The topological polar surface area (TPSA) is 60.5 Å². The van der Waals surface area contributed by atoms with Gasteiger partial charge in [-0.05, 0) is 22.0 Å². The fraction of sp³-hybridized carbons (Fsp3) is 0.571. The number of hydrogen-bond acceptors (Lipinski definition) is 5. The Morgan fingerprint density at radius 2 is 2.04 bits per heavy atom. The summed E-state index contributed by atoms with van der Waals surface area (Å²) in [6.45, 7) is 5.65. The van der Waals surface area contributed by atoms with E-state index in [9.17, 15) is 4.79 Å². The lowest BCUT2D eigenvalue weighted by Gasteiger charge is -2.27. The Labute approximate surface area is 158 Å². The van der Waals surface area contributed by atoms with Gasteiger partial charge in [0, 0.05) is 64.0 Å². The second-order valence-corrected chi connectivity index (χ2v) is 6.18. The van der Waals surface area contributed by atoms with Crippen molar-refractivity contribution in [1.82, 2.24) is 20.5 Å². The molecule has 132 valence electrons. The molecule has 23 heavy (non-hydrogen) atoms. The monoisotopic (exact) mass is 427 g/mol. The third-order valence-electron chi connectivity index (χ3n) is 3.42. The second-order valence-electron chi connectivity index (χ2n) is 5.27. The lowest BCUT2D eigenvalue weighted by Crippen LogP contribution is -2.46. The number of rotatable bonds is 5. The van der Waals surface area contributed by atoms with E-state index in [0.29, 0.717) is 17.9 Å². The lowest BCUT2D eigenvalue weighted by molar-refractivity contribution is 0.0947. The van der Waals surface area contributed by atoms with Crippen LogP contribution in [0.1, 0.15) is 10.4 Å². The van der Waals surface area contributed by atoms with E-state index in [1.54, 1.807) is 6.20 Å². The molecule has 0 atom stereocenters. The highest BCUT2D eigenvalue weighted by Crippen LogP contribution is 2.19. The van der Waals surface area contributed by atoms with Crippen molar-refractivity contribution < 1.29 is 4.79 Å². The average Bonchev–Trinajstić information content (AvgIpc) is 2.47. The minimum atomic E-state index is -0.0809. The van der Waals surface area contributed by atoms with E-state index < -0.39 is 0 Å². The van der Waals surface area contributed by atoms with Gasteiger partial charge in [-0.25, -0.2) is 4.98 Å². The maximum Gasteiger partial charge on any atom is 0.255 e. The number of nitrogens with zero attached hydrogens (tertiary/aromatic N) is 3. The van der Waals surface area contributed by atoms with E-state index in [1.165, 1.54) is 0 Å². The molecule has 2 rings (SSSR count). The molecule has 1 amide bonds. The number of hydrogen-bond donors (Lipinski definition) is 2. The van der Waals surface area contributed by atoms with Crippen LogP contribution in [-0.2, 0) is 0 Å². The molecule has 0 saturated carbocycles. The molecule has 1 fully saturated rings. The van der Waals surface area contributed by atoms with Crippen molar-refractivity contribution in [1.29, 1.82) is 0 Å². The van der Waals surface area contributed by atoms with Crippen molar-refractivity contribution in [3.8, 4) is 0 Å². The predicted octanol–water partition coefficient (Wildman–Crippen LogP) is 1.39. The van der Waals surface area contributed by atoms with Crippen LogP contribution in [-0.4, -0.2) is 69.2 Å². The lowest BCUT2D eigenvalue weighted by atomic mass is 10.2. The number of anilines is 1. The van der Waals surface area contributed by atoms with Gasteiger partial charge in [0.15, 0.2) is 0 Å². The molecule has 1 aromatic heterocycles. The van der Waals surface area contributed by atoms with Crippen LogP contribution in [0.2, 0.25) is 0 Å². The van der Waals surface area contributed by atoms with Gasteiger partial charge in [-0.15, -0.1) is 24.8 Å². The van der Waals surface area contributed by atoms with Gasteiger partial charge in [-0.2, -0.15) is 0 Å². The first-order valence-corrected chi connectivity index (χ1v) is 7.91. The molecule has 1 aromatic rings. The van der Waals surface area contributed by atoms with Crippen LogP contribution in [0, 0.1) is 0 Å². The summed E-state index contributed by atoms with van der Waals surface area (Å²) in [5.74, 6) is 0.598. The number of halogens is 3. The number of pyridine rings is 1. The molecular weight excluding hydrogens is 405 g/mol. The minimum Gasteiger partial charge on any atom is -0.362 e. The van der Waals surface area contributed by atoms with Crippen molar-refractivity contribution in [3.63, 3.8) is 0 Å². The predicted molar refractivity (Wildman–Crippen MR) is 102 cm³/mol. The standard InChI is InChI=1S/C14H22BrN5O.2ClH/c1-19(2)13-12(9-11(15)10-18-13)14(21)17-5-8-20-6-3-16-4-7-20;;/h9-10,16H,3-8H2,1-2H3,(H,17,21);2*1H. The highest BCUT2D eigenvalue weighted by Gasteiger charge is 2.15. The molecule has 2 heterocycles. The third kappa shape index (κ3) is 6.81. The van der Waals surface area contributed by atoms with Gasteiger partial charge in [0.1, 0.15) is 5.82 Å². The smallest absolute Gasteiger partial charge is 0.255 e. The van der Waals surface area contributed by atoms with Gasteiger partial charge in [0.05, 0.1) is 5.56 Å². The first-order valence-electron chi connectivity index (χ1n) is 7.12. The Balaban J connectivity index is 0.00000242. The molecule has 0 unspecified atom stereocenters. The molecular formula is C14H24BrCl2N5O. The first-order chi connectivity index (χ1) is 10.1. The van der Waals surface area contributed by atoms with Crippen LogP contribution in [0.4, 0.5) is 5.82 Å². The summed E-state index contributed by atoms with van der Waals surface area (Å²) >= 11 is 3.37. The van der Waals surface area contributed by atoms with E-state index in [1.807, 2.05) is 25.1 Å². The van der Waals surface area contributed by atoms with E-state index in [4.69, 9.17) is 0 Å². The van der Waals surface area contributed by atoms with Crippen molar-refractivity contribution in [2.24, 2.45) is 0 Å². The first kappa shape index (κ1) is 22.4. The number of amides is 1. The zero-order valence-electron chi connectivity index (χ0n) is 13.3. The number of nitrogens with one attached hydrogen (secondary N) is 2. The van der Waals surface area contributed by atoms with Crippen molar-refractivity contribution in [3.05, 3.63) is 22.3 Å². The SMILES string of the molecule is CN(C)c1ncc(Br)cc1C(=O)NCCN1CCNCC1.Cl.Cl. The summed E-state index contributed by atoms with van der Waals surface area (Å²) in [6.07, 6.45) is 1.70. The molecule has 0 spiro atoms. The molecule has 1 aliphatic rings. The van der Waals surface area contributed by atoms with Crippen molar-refractivity contribution >= 4 is 52.5 Å². The van der Waals surface area contributed by atoms with E-state index >= 15 is 0 Å². The minimum absolute atomic E-state index is 0. The maximum absolute atomic E-state index is 12.3. The van der Waals surface area contributed by atoms with E-state index in [2.05, 4.69) is 36.4 Å². The molecule has 1 saturated heterocycles. The highest BCUT2D eigenvalue weighted by molar-refractivity contribution is 9.10. The molecule has 0 aromatic carbocycles. The van der Waals surface area contributed by atoms with Crippen molar-refractivity contribution in [2.45, 2.75) is 0 Å². The van der Waals surface area contributed by atoms with Gasteiger partial charge in [0.25, 0.3) is 5.91 Å². The Kier molecular flexibility index (Phi) is 10.8. The van der Waals surface area contributed by atoms with Gasteiger partial charge >= 0.3 is 0 Å². The quantitative estimate of drug-likeness (QED) is 0.741. The fourth-order valence-corrected chi connectivity index (χ4v) is 2.64. The summed E-state index contributed by atoms with van der Waals surface area (Å²) in [7, 11) is 3.77. The zero-order valence-corrected chi connectivity index (χ0v) is 16.6. The number of piperazine rings is 1. The second kappa shape index (κ2) is 11.0.